The van der Waals surface area contributed by atoms with Crippen molar-refractivity contribution in [3.63, 3.8) is 0 Å². The highest BCUT2D eigenvalue weighted by atomic mass is 35.5. The molecule has 2 aromatic rings. The first kappa shape index (κ1) is 22.1. The highest BCUT2D eigenvalue weighted by Gasteiger charge is 2.30. The Labute approximate surface area is 189 Å². The maximum absolute atomic E-state index is 12.4. The standard InChI is InChI=1S/C21H18Cl2N2O4S/c1-3-28-18-9-12(8-15-19(26)24-21(30)25(2)20(15)27)4-7-17(18)29-11-13-5-6-14(22)10-16(13)23/h4-10H,3,11H2,1-2H3,(H,24,26,30)/b15-8+. The van der Waals surface area contributed by atoms with E-state index < -0.39 is 11.8 Å². The van der Waals surface area contributed by atoms with Gasteiger partial charge in [-0.25, -0.2) is 0 Å². The number of amides is 2. The summed E-state index contributed by atoms with van der Waals surface area (Å²) in [4.78, 5) is 25.7. The van der Waals surface area contributed by atoms with Crippen molar-refractivity contribution in [2.24, 2.45) is 0 Å². The van der Waals surface area contributed by atoms with E-state index >= 15 is 0 Å². The van der Waals surface area contributed by atoms with Gasteiger partial charge in [0.05, 0.1) is 6.61 Å². The number of thiocarbonyl (C=S) groups is 1. The molecule has 0 unspecified atom stereocenters. The topological polar surface area (TPSA) is 67.9 Å². The van der Waals surface area contributed by atoms with Gasteiger partial charge >= 0.3 is 0 Å². The summed E-state index contributed by atoms with van der Waals surface area (Å²) < 4.78 is 11.5. The predicted molar refractivity (Wildman–Crippen MR) is 120 cm³/mol. The van der Waals surface area contributed by atoms with Crippen LogP contribution in [0, 0.1) is 0 Å². The minimum absolute atomic E-state index is 0.0184. The van der Waals surface area contributed by atoms with Gasteiger partial charge in [-0.05, 0) is 55.0 Å². The van der Waals surface area contributed by atoms with Crippen molar-refractivity contribution in [3.8, 4) is 11.5 Å². The molecule has 0 aromatic heterocycles. The first-order valence-electron chi connectivity index (χ1n) is 8.98. The quantitative estimate of drug-likeness (QED) is 0.393. The highest BCUT2D eigenvalue weighted by Crippen LogP contribution is 2.31. The van der Waals surface area contributed by atoms with Crippen molar-refractivity contribution in [1.82, 2.24) is 10.2 Å². The number of hydrogen-bond donors (Lipinski definition) is 1. The van der Waals surface area contributed by atoms with Crippen molar-refractivity contribution in [2.45, 2.75) is 13.5 Å². The number of carbonyl (C=O) groups is 2. The Morgan fingerprint density at radius 2 is 1.87 bits per heavy atom. The van der Waals surface area contributed by atoms with Crippen LogP contribution in [0.5, 0.6) is 11.5 Å². The lowest BCUT2D eigenvalue weighted by Gasteiger charge is -2.25. The molecule has 1 heterocycles. The van der Waals surface area contributed by atoms with Crippen molar-refractivity contribution in [1.29, 1.82) is 0 Å². The molecule has 3 rings (SSSR count). The fraction of sp³-hybridized carbons (Fsp3) is 0.190. The number of likely N-dealkylation sites (N-methyl/N-ethyl adjacent to an activating group) is 1. The summed E-state index contributed by atoms with van der Waals surface area (Å²) >= 11 is 17.1. The first-order valence-corrected chi connectivity index (χ1v) is 10.1. The molecule has 1 aliphatic rings. The summed E-state index contributed by atoms with van der Waals surface area (Å²) in [5.41, 5.74) is 1.36. The number of nitrogens with one attached hydrogen (secondary N) is 1. The zero-order chi connectivity index (χ0) is 21.8. The van der Waals surface area contributed by atoms with Crippen LogP contribution in [0.3, 0.4) is 0 Å². The van der Waals surface area contributed by atoms with Gasteiger partial charge < -0.3 is 9.47 Å². The molecule has 1 fully saturated rings. The maximum atomic E-state index is 12.4. The van der Waals surface area contributed by atoms with Gasteiger partial charge in [0.2, 0.25) is 0 Å². The molecule has 2 aromatic carbocycles. The van der Waals surface area contributed by atoms with Crippen LogP contribution in [-0.4, -0.2) is 35.5 Å². The van der Waals surface area contributed by atoms with Crippen molar-refractivity contribution >= 4 is 58.4 Å². The molecule has 2 amide bonds. The van der Waals surface area contributed by atoms with Crippen LogP contribution in [0.25, 0.3) is 6.08 Å². The average molecular weight is 465 g/mol. The van der Waals surface area contributed by atoms with Crippen LogP contribution in [0.2, 0.25) is 10.0 Å². The fourth-order valence-corrected chi connectivity index (χ4v) is 3.35. The SMILES string of the molecule is CCOc1cc(/C=C2\C(=O)NC(=S)N(C)C2=O)ccc1OCc1ccc(Cl)cc1Cl. The van der Waals surface area contributed by atoms with E-state index in [1.807, 2.05) is 6.92 Å². The fourth-order valence-electron chi connectivity index (χ4n) is 2.71. The molecule has 1 aliphatic heterocycles. The van der Waals surface area contributed by atoms with E-state index in [4.69, 9.17) is 44.9 Å². The van der Waals surface area contributed by atoms with E-state index in [1.165, 1.54) is 18.0 Å². The lowest BCUT2D eigenvalue weighted by molar-refractivity contribution is -0.128. The van der Waals surface area contributed by atoms with E-state index in [9.17, 15) is 9.59 Å². The molecule has 0 atom stereocenters. The Balaban J connectivity index is 1.85. The summed E-state index contributed by atoms with van der Waals surface area (Å²) in [6, 6.07) is 10.3. The monoisotopic (exact) mass is 464 g/mol. The average Bonchev–Trinajstić information content (AvgIpc) is 2.70. The molecule has 0 radical (unpaired) electrons. The number of carbonyl (C=O) groups excluding carboxylic acids is 2. The zero-order valence-corrected chi connectivity index (χ0v) is 18.5. The van der Waals surface area contributed by atoms with Gasteiger partial charge in [-0.2, -0.15) is 0 Å². The first-order chi connectivity index (χ1) is 14.3. The second kappa shape index (κ2) is 9.47. The normalized spacial score (nSPS) is 15.4. The Hall–Kier alpha value is -2.61. The smallest absolute Gasteiger partial charge is 0.265 e. The maximum Gasteiger partial charge on any atom is 0.265 e. The number of benzene rings is 2. The molecule has 1 saturated heterocycles. The molecule has 0 bridgehead atoms. The third-order valence-corrected chi connectivity index (χ3v) is 5.24. The Kier molecular flexibility index (Phi) is 6.97. The van der Waals surface area contributed by atoms with Crippen molar-refractivity contribution in [3.05, 3.63) is 63.1 Å². The number of hydrogen-bond acceptors (Lipinski definition) is 5. The van der Waals surface area contributed by atoms with Gasteiger partial charge in [0, 0.05) is 22.7 Å². The minimum Gasteiger partial charge on any atom is -0.490 e. The largest absolute Gasteiger partial charge is 0.490 e. The van der Waals surface area contributed by atoms with Gasteiger partial charge in [-0.1, -0.05) is 35.3 Å². The highest BCUT2D eigenvalue weighted by molar-refractivity contribution is 7.80. The molecule has 0 aliphatic carbocycles. The lowest BCUT2D eigenvalue weighted by atomic mass is 10.1. The molecular formula is C21H18Cl2N2O4S. The Morgan fingerprint density at radius 1 is 1.10 bits per heavy atom. The third-order valence-electron chi connectivity index (χ3n) is 4.28. The summed E-state index contributed by atoms with van der Waals surface area (Å²) in [5, 5.41) is 3.60. The summed E-state index contributed by atoms with van der Waals surface area (Å²) in [6.07, 6.45) is 1.48. The van der Waals surface area contributed by atoms with Gasteiger partial charge in [0.25, 0.3) is 11.8 Å². The van der Waals surface area contributed by atoms with Crippen molar-refractivity contribution in [2.75, 3.05) is 13.7 Å². The lowest BCUT2D eigenvalue weighted by Crippen LogP contribution is -2.52. The summed E-state index contributed by atoms with van der Waals surface area (Å²) in [7, 11) is 1.50. The van der Waals surface area contributed by atoms with E-state index in [1.54, 1.807) is 36.4 Å². The van der Waals surface area contributed by atoms with Gasteiger partial charge in [0.1, 0.15) is 12.2 Å². The van der Waals surface area contributed by atoms with Crippen LogP contribution in [-0.2, 0) is 16.2 Å². The molecule has 9 heteroatoms. The van der Waals surface area contributed by atoms with Crippen molar-refractivity contribution < 1.29 is 19.1 Å². The zero-order valence-electron chi connectivity index (χ0n) is 16.2. The molecule has 30 heavy (non-hydrogen) atoms. The Bertz CT molecular complexity index is 1060. The second-order valence-electron chi connectivity index (χ2n) is 6.35. The van der Waals surface area contributed by atoms with Crippen LogP contribution >= 0.6 is 35.4 Å². The van der Waals surface area contributed by atoms with Crippen LogP contribution < -0.4 is 14.8 Å². The number of rotatable bonds is 6. The third kappa shape index (κ3) is 4.92. The molecule has 0 spiro atoms. The molecule has 1 N–H and O–H groups in total. The van der Waals surface area contributed by atoms with E-state index in [0.29, 0.717) is 33.7 Å². The molecule has 156 valence electrons. The molecule has 6 nitrogen and oxygen atoms in total. The summed E-state index contributed by atoms with van der Waals surface area (Å²) in [5.74, 6) is -0.0367. The number of ether oxygens (including phenoxy) is 2. The van der Waals surface area contributed by atoms with Crippen LogP contribution in [0.15, 0.2) is 42.0 Å². The van der Waals surface area contributed by atoms with E-state index in [2.05, 4.69) is 5.32 Å². The second-order valence-corrected chi connectivity index (χ2v) is 7.58. The van der Waals surface area contributed by atoms with E-state index in [-0.39, 0.29) is 17.3 Å². The van der Waals surface area contributed by atoms with Crippen LogP contribution in [0.4, 0.5) is 0 Å². The number of halogens is 2. The van der Waals surface area contributed by atoms with Crippen LogP contribution in [0.1, 0.15) is 18.1 Å². The van der Waals surface area contributed by atoms with E-state index in [0.717, 1.165) is 5.56 Å². The minimum atomic E-state index is -0.543. The predicted octanol–water partition coefficient (Wildman–Crippen LogP) is 4.23. The number of nitrogens with zero attached hydrogens (tertiary/aromatic N) is 1. The summed E-state index contributed by atoms with van der Waals surface area (Å²) in [6.45, 7) is 2.48. The van der Waals surface area contributed by atoms with Gasteiger partial charge in [0.15, 0.2) is 16.6 Å². The van der Waals surface area contributed by atoms with Gasteiger partial charge in [-0.15, -0.1) is 0 Å². The molecular weight excluding hydrogens is 447 g/mol. The Morgan fingerprint density at radius 3 is 2.57 bits per heavy atom. The van der Waals surface area contributed by atoms with Gasteiger partial charge in [-0.3, -0.25) is 19.8 Å². The molecule has 0 saturated carbocycles.